The lowest BCUT2D eigenvalue weighted by Crippen LogP contribution is -2.51. The maximum Gasteiger partial charge on any atom is 0.255 e. The molecule has 184 valence electrons. The van der Waals surface area contributed by atoms with Crippen molar-refractivity contribution in [2.24, 2.45) is 5.41 Å². The number of carbonyl (C=O) groups excluding carboxylic acids is 2. The number of carbonyl (C=O) groups is 2. The van der Waals surface area contributed by atoms with Gasteiger partial charge in [-0.25, -0.2) is 0 Å². The highest BCUT2D eigenvalue weighted by atomic mass is 35.5. The first-order valence-corrected chi connectivity index (χ1v) is 12.7. The Morgan fingerprint density at radius 3 is 2.91 bits per heavy atom. The summed E-state index contributed by atoms with van der Waals surface area (Å²) in [7, 11) is 0. The Kier molecular flexibility index (Phi) is 8.08. The molecule has 2 aromatic rings. The molecule has 0 radical (unpaired) electrons. The van der Waals surface area contributed by atoms with E-state index in [9.17, 15) is 9.59 Å². The Labute approximate surface area is 205 Å². The Morgan fingerprint density at radius 1 is 1.24 bits per heavy atom. The minimum Gasteiger partial charge on any atom is -0.493 e. The first-order chi connectivity index (χ1) is 16.5. The summed E-state index contributed by atoms with van der Waals surface area (Å²) in [5.41, 5.74) is 0.320. The van der Waals surface area contributed by atoms with E-state index < -0.39 is 0 Å². The second kappa shape index (κ2) is 11.2. The molecule has 1 spiro atoms. The summed E-state index contributed by atoms with van der Waals surface area (Å²) in [6, 6.07) is 5.15. The number of hydrogen-bond donors (Lipinski definition) is 1. The number of nitrogens with zero attached hydrogens (tertiary/aromatic N) is 3. The minimum absolute atomic E-state index is 0.0956. The van der Waals surface area contributed by atoms with Crippen LogP contribution in [-0.2, 0) is 17.6 Å². The van der Waals surface area contributed by atoms with Crippen LogP contribution in [0.2, 0.25) is 5.02 Å². The largest absolute Gasteiger partial charge is 0.493 e. The van der Waals surface area contributed by atoms with Crippen molar-refractivity contribution in [1.82, 2.24) is 20.4 Å². The number of ether oxygens (including phenoxy) is 1. The molecule has 3 heterocycles. The molecule has 0 aliphatic carbocycles. The number of nitrogens with one attached hydrogen (secondary N) is 1. The van der Waals surface area contributed by atoms with Gasteiger partial charge >= 0.3 is 0 Å². The van der Waals surface area contributed by atoms with Crippen LogP contribution in [0.1, 0.15) is 73.9 Å². The molecule has 9 heteroatoms. The summed E-state index contributed by atoms with van der Waals surface area (Å²) in [6.45, 7) is 4.44. The van der Waals surface area contributed by atoms with Crippen molar-refractivity contribution in [3.8, 4) is 5.75 Å². The van der Waals surface area contributed by atoms with Crippen LogP contribution in [0, 0.1) is 5.41 Å². The summed E-state index contributed by atoms with van der Waals surface area (Å²) in [6.07, 6.45) is 7.38. The van der Waals surface area contributed by atoms with E-state index in [4.69, 9.17) is 20.9 Å². The van der Waals surface area contributed by atoms with E-state index in [0.717, 1.165) is 45.1 Å². The predicted octanol–water partition coefficient (Wildman–Crippen LogP) is 4.21. The number of piperidine rings is 1. The highest BCUT2D eigenvalue weighted by Gasteiger charge is 2.37. The lowest BCUT2D eigenvalue weighted by Gasteiger charge is -2.43. The Hall–Kier alpha value is -2.61. The summed E-state index contributed by atoms with van der Waals surface area (Å²) >= 11 is 6.15. The standard InChI is InChI=1S/C25H33ClN4O4/c1-2-21-28-22(34-29-21)9-10-23(31)30-13-6-12-25(17-30)11-4-3-5-14-33-20-8-7-18(26)15-19(20)24(32)27-16-25/h7-8,15H,2-6,9-14,16-17H2,1H3,(H,27,32). The van der Waals surface area contributed by atoms with E-state index in [0.29, 0.717) is 67.0 Å². The van der Waals surface area contributed by atoms with Gasteiger partial charge in [0.1, 0.15) is 5.75 Å². The third-order valence-corrected chi connectivity index (χ3v) is 7.05. The molecule has 34 heavy (non-hydrogen) atoms. The second-order valence-corrected chi connectivity index (χ2v) is 9.80. The Bertz CT molecular complexity index is 1010. The molecule has 0 bridgehead atoms. The topological polar surface area (TPSA) is 97.6 Å². The highest BCUT2D eigenvalue weighted by Crippen LogP contribution is 2.36. The number of fused-ring (bicyclic) bond motifs is 1. The lowest BCUT2D eigenvalue weighted by molar-refractivity contribution is -0.134. The van der Waals surface area contributed by atoms with E-state index >= 15 is 0 Å². The highest BCUT2D eigenvalue weighted by molar-refractivity contribution is 6.31. The van der Waals surface area contributed by atoms with Crippen LogP contribution in [0.15, 0.2) is 22.7 Å². The van der Waals surface area contributed by atoms with Gasteiger partial charge in [-0.05, 0) is 43.9 Å². The Morgan fingerprint density at radius 2 is 2.09 bits per heavy atom. The number of likely N-dealkylation sites (tertiary alicyclic amines) is 1. The predicted molar refractivity (Wildman–Crippen MR) is 128 cm³/mol. The second-order valence-electron chi connectivity index (χ2n) is 9.36. The molecule has 0 saturated carbocycles. The van der Waals surface area contributed by atoms with Crippen LogP contribution < -0.4 is 10.1 Å². The number of rotatable bonds is 4. The average Bonchev–Trinajstić information content (AvgIpc) is 3.31. The quantitative estimate of drug-likeness (QED) is 0.692. The molecular weight excluding hydrogens is 456 g/mol. The molecule has 1 aromatic carbocycles. The van der Waals surface area contributed by atoms with Crippen molar-refractivity contribution in [2.45, 2.75) is 64.7 Å². The van der Waals surface area contributed by atoms with Gasteiger partial charge in [-0.15, -0.1) is 0 Å². The van der Waals surface area contributed by atoms with Crippen molar-refractivity contribution < 1.29 is 18.8 Å². The number of benzene rings is 1. The van der Waals surface area contributed by atoms with Gasteiger partial charge in [0.2, 0.25) is 11.8 Å². The first kappa shape index (κ1) is 24.5. The third kappa shape index (κ3) is 6.09. The molecule has 2 aliphatic rings. The molecule has 1 unspecified atom stereocenters. The van der Waals surface area contributed by atoms with Crippen LogP contribution in [0.4, 0.5) is 0 Å². The fourth-order valence-electron chi connectivity index (χ4n) is 4.89. The number of aryl methyl sites for hydroxylation is 2. The van der Waals surface area contributed by atoms with Crippen LogP contribution in [0.5, 0.6) is 5.75 Å². The third-order valence-electron chi connectivity index (χ3n) is 6.81. The summed E-state index contributed by atoms with van der Waals surface area (Å²) in [4.78, 5) is 32.3. The number of aromatic nitrogens is 2. The lowest BCUT2D eigenvalue weighted by atomic mass is 9.75. The first-order valence-electron chi connectivity index (χ1n) is 12.3. The van der Waals surface area contributed by atoms with Gasteiger partial charge in [-0.1, -0.05) is 36.5 Å². The zero-order valence-electron chi connectivity index (χ0n) is 19.8. The molecule has 8 nitrogen and oxygen atoms in total. The zero-order valence-corrected chi connectivity index (χ0v) is 20.5. The summed E-state index contributed by atoms with van der Waals surface area (Å²) < 4.78 is 11.1. The van der Waals surface area contributed by atoms with E-state index in [2.05, 4.69) is 15.5 Å². The van der Waals surface area contributed by atoms with E-state index in [1.807, 2.05) is 11.8 Å². The van der Waals surface area contributed by atoms with Gasteiger partial charge in [0.15, 0.2) is 5.82 Å². The minimum atomic E-state index is -0.191. The fourth-order valence-corrected chi connectivity index (χ4v) is 5.07. The maximum atomic E-state index is 13.0. The van der Waals surface area contributed by atoms with E-state index in [1.165, 1.54) is 0 Å². The van der Waals surface area contributed by atoms with E-state index in [-0.39, 0.29) is 17.2 Å². The Balaban J connectivity index is 1.43. The van der Waals surface area contributed by atoms with Crippen molar-refractivity contribution >= 4 is 23.4 Å². The smallest absolute Gasteiger partial charge is 0.255 e. The van der Waals surface area contributed by atoms with Crippen molar-refractivity contribution in [3.05, 3.63) is 40.5 Å². The SMILES string of the molecule is CCc1noc(CCC(=O)N2CCCC3(CCCCCOc4ccc(Cl)cc4C(=O)NC3)C2)n1. The molecule has 1 atom stereocenters. The van der Waals surface area contributed by atoms with Crippen LogP contribution in [0.3, 0.4) is 0 Å². The summed E-state index contributed by atoms with van der Waals surface area (Å²) in [5.74, 6) is 1.64. The average molecular weight is 489 g/mol. The van der Waals surface area contributed by atoms with Gasteiger partial charge in [0.25, 0.3) is 5.91 Å². The molecule has 2 amide bonds. The van der Waals surface area contributed by atoms with Crippen molar-refractivity contribution in [2.75, 3.05) is 26.2 Å². The maximum absolute atomic E-state index is 13.0. The van der Waals surface area contributed by atoms with Crippen LogP contribution in [-0.4, -0.2) is 53.1 Å². The monoisotopic (exact) mass is 488 g/mol. The molecule has 1 aromatic heterocycles. The molecule has 1 saturated heterocycles. The summed E-state index contributed by atoms with van der Waals surface area (Å²) in [5, 5.41) is 7.53. The fraction of sp³-hybridized carbons (Fsp3) is 0.600. The van der Waals surface area contributed by atoms with Gasteiger partial charge in [0, 0.05) is 49.3 Å². The van der Waals surface area contributed by atoms with Crippen LogP contribution in [0.25, 0.3) is 0 Å². The van der Waals surface area contributed by atoms with Crippen LogP contribution >= 0.6 is 11.6 Å². The molecule has 1 fully saturated rings. The molecule has 1 N–H and O–H groups in total. The van der Waals surface area contributed by atoms with Crippen molar-refractivity contribution in [1.29, 1.82) is 0 Å². The zero-order chi connectivity index (χ0) is 24.0. The van der Waals surface area contributed by atoms with Gasteiger partial charge in [-0.2, -0.15) is 4.98 Å². The van der Waals surface area contributed by atoms with Gasteiger partial charge in [-0.3, -0.25) is 9.59 Å². The number of amides is 2. The number of hydrogen-bond acceptors (Lipinski definition) is 6. The van der Waals surface area contributed by atoms with Gasteiger partial charge < -0.3 is 19.5 Å². The van der Waals surface area contributed by atoms with Gasteiger partial charge in [0.05, 0.1) is 12.2 Å². The molecular formula is C25H33ClN4O4. The normalized spacial score (nSPS) is 21.7. The number of halogens is 1. The van der Waals surface area contributed by atoms with E-state index in [1.54, 1.807) is 18.2 Å². The molecule has 4 rings (SSSR count). The van der Waals surface area contributed by atoms with Crippen molar-refractivity contribution in [3.63, 3.8) is 0 Å². The molecule has 2 aliphatic heterocycles.